The molecular weight excluding hydrogens is 388 g/mol. The summed E-state index contributed by atoms with van der Waals surface area (Å²) >= 11 is 6.29. The zero-order valence-electron chi connectivity index (χ0n) is 16.5. The number of hydrogen-bond acceptors (Lipinski definition) is 3. The summed E-state index contributed by atoms with van der Waals surface area (Å²) in [5.74, 6) is 0. The van der Waals surface area contributed by atoms with Crippen LogP contribution in [0.25, 0.3) is 16.6 Å². The Morgan fingerprint density at radius 2 is 1.97 bits per heavy atom. The molecule has 7 heteroatoms. The number of likely N-dealkylation sites (N-methyl/N-ethyl adjacent to an activating group) is 1. The summed E-state index contributed by atoms with van der Waals surface area (Å²) in [5, 5.41) is 4.02. The zero-order chi connectivity index (χ0) is 20.5. The maximum atomic E-state index is 13.3. The van der Waals surface area contributed by atoms with Crippen molar-refractivity contribution in [3.05, 3.63) is 85.6 Å². The third-order valence-corrected chi connectivity index (χ3v) is 5.57. The normalized spacial score (nSPS) is 14.0. The molecule has 29 heavy (non-hydrogen) atoms. The average Bonchev–Trinajstić information content (AvgIpc) is 3.02. The topological polar surface area (TPSA) is 63.0 Å². The molecule has 0 unspecified atom stereocenters. The molecule has 0 aliphatic heterocycles. The zero-order valence-corrected chi connectivity index (χ0v) is 17.2. The highest BCUT2D eigenvalue weighted by Crippen LogP contribution is 2.21. The molecule has 6 nitrogen and oxygen atoms in total. The summed E-state index contributed by atoms with van der Waals surface area (Å²) in [6.45, 7) is 1.23. The van der Waals surface area contributed by atoms with Crippen LogP contribution >= 0.6 is 11.6 Å². The van der Waals surface area contributed by atoms with Gasteiger partial charge in [-0.25, -0.2) is 4.68 Å². The van der Waals surface area contributed by atoms with Crippen molar-refractivity contribution in [3.63, 3.8) is 0 Å². The molecule has 1 aliphatic rings. The third-order valence-electron chi connectivity index (χ3n) is 5.25. The van der Waals surface area contributed by atoms with Gasteiger partial charge in [-0.2, -0.15) is 0 Å². The number of para-hydroxylation sites is 1. The number of nitrogens with zero attached hydrogens (tertiary/aromatic N) is 3. The van der Waals surface area contributed by atoms with E-state index < -0.39 is 0 Å². The van der Waals surface area contributed by atoms with Crippen LogP contribution < -0.4 is 11.1 Å². The largest absolute Gasteiger partial charge is 0.313 e. The first-order valence-corrected chi connectivity index (χ1v) is 9.96. The average molecular weight is 411 g/mol. The van der Waals surface area contributed by atoms with Crippen molar-refractivity contribution in [1.29, 1.82) is 0 Å². The van der Waals surface area contributed by atoms with E-state index in [1.165, 1.54) is 16.3 Å². The first kappa shape index (κ1) is 19.5. The van der Waals surface area contributed by atoms with E-state index in [1.807, 2.05) is 19.2 Å². The Bertz CT molecular complexity index is 1250. The number of hydrogen-bond donors (Lipinski definition) is 1. The number of allylic oxidation sites excluding steroid dienone is 2. The van der Waals surface area contributed by atoms with Crippen LogP contribution in [0.1, 0.15) is 18.5 Å². The molecule has 4 rings (SSSR count). The van der Waals surface area contributed by atoms with Gasteiger partial charge in [0.25, 0.3) is 11.1 Å². The van der Waals surface area contributed by atoms with Crippen molar-refractivity contribution in [1.82, 2.24) is 19.2 Å². The maximum Gasteiger partial charge on any atom is 0.280 e. The number of benzene rings is 1. The number of pyridine rings is 1. The number of rotatable bonds is 5. The maximum absolute atomic E-state index is 13.3. The Morgan fingerprint density at radius 1 is 1.17 bits per heavy atom. The molecule has 1 aliphatic carbocycles. The van der Waals surface area contributed by atoms with Crippen molar-refractivity contribution < 1.29 is 0 Å². The number of H-pyrrole nitrogens is 1. The molecule has 0 fully saturated rings. The van der Waals surface area contributed by atoms with Crippen LogP contribution in [-0.4, -0.2) is 32.8 Å². The van der Waals surface area contributed by atoms with Gasteiger partial charge in [-0.1, -0.05) is 42.0 Å². The van der Waals surface area contributed by atoms with Gasteiger partial charge in [0.1, 0.15) is 0 Å². The molecule has 0 spiro atoms. The molecule has 150 valence electrons. The highest BCUT2D eigenvalue weighted by Gasteiger charge is 2.18. The van der Waals surface area contributed by atoms with Crippen molar-refractivity contribution in [2.24, 2.45) is 7.05 Å². The lowest BCUT2D eigenvalue weighted by Crippen LogP contribution is -2.28. The van der Waals surface area contributed by atoms with Gasteiger partial charge in [0.05, 0.1) is 21.6 Å². The Kier molecular flexibility index (Phi) is 5.30. The molecule has 0 atom stereocenters. The summed E-state index contributed by atoms with van der Waals surface area (Å²) in [6, 6.07) is 8.58. The third kappa shape index (κ3) is 3.73. The monoisotopic (exact) mass is 410 g/mol. The number of fused-ring (bicyclic) bond motifs is 1. The fourth-order valence-electron chi connectivity index (χ4n) is 3.75. The Balaban J connectivity index is 1.79. The minimum Gasteiger partial charge on any atom is -0.313 e. The van der Waals surface area contributed by atoms with E-state index in [0.717, 1.165) is 19.4 Å². The molecule has 0 amide bonds. The van der Waals surface area contributed by atoms with E-state index in [4.69, 9.17) is 11.6 Å². The smallest absolute Gasteiger partial charge is 0.280 e. The Hall–Kier alpha value is -2.83. The Labute approximate surface area is 173 Å². The van der Waals surface area contributed by atoms with Gasteiger partial charge in [0, 0.05) is 31.9 Å². The predicted octanol–water partition coefficient (Wildman–Crippen LogP) is 3.38. The number of aromatic nitrogens is 3. The second-order valence-corrected chi connectivity index (χ2v) is 7.82. The van der Waals surface area contributed by atoms with Gasteiger partial charge in [0.15, 0.2) is 0 Å². The summed E-state index contributed by atoms with van der Waals surface area (Å²) in [5.41, 5.74) is 2.62. The molecular formula is C22H23ClN4O2. The summed E-state index contributed by atoms with van der Waals surface area (Å²) in [4.78, 5) is 27.9. The molecule has 2 aromatic heterocycles. The van der Waals surface area contributed by atoms with E-state index in [-0.39, 0.29) is 11.1 Å². The first-order chi connectivity index (χ1) is 14.0. The fourth-order valence-corrected chi connectivity index (χ4v) is 3.97. The first-order valence-electron chi connectivity index (χ1n) is 9.58. The van der Waals surface area contributed by atoms with Gasteiger partial charge in [-0.3, -0.25) is 19.6 Å². The van der Waals surface area contributed by atoms with E-state index in [2.05, 4.69) is 28.2 Å². The van der Waals surface area contributed by atoms with Crippen molar-refractivity contribution in [3.8, 4) is 5.69 Å². The SMILES string of the molecule is CN(CC1=CCCC=C1)Cc1c2c(=O)n(-c3ccccc3Cl)[nH]c2cc(=O)n1C. The molecule has 1 N–H and O–H groups in total. The van der Waals surface area contributed by atoms with E-state index in [0.29, 0.717) is 33.9 Å². The van der Waals surface area contributed by atoms with Gasteiger partial charge in [-0.15, -0.1) is 0 Å². The van der Waals surface area contributed by atoms with Crippen LogP contribution in [0.15, 0.2) is 63.7 Å². The van der Waals surface area contributed by atoms with Crippen molar-refractivity contribution in [2.45, 2.75) is 19.4 Å². The standard InChI is InChI=1S/C22H23ClN4O2/c1-25(13-15-8-4-3-5-9-15)14-19-21-17(12-20(28)26(19)2)24-27(22(21)29)18-11-7-6-10-16(18)23/h4,6-12,24H,3,5,13-14H2,1-2H3. The summed E-state index contributed by atoms with van der Waals surface area (Å²) in [6.07, 6.45) is 8.67. The van der Waals surface area contributed by atoms with Crippen molar-refractivity contribution >= 4 is 22.5 Å². The molecule has 0 bridgehead atoms. The summed E-state index contributed by atoms with van der Waals surface area (Å²) < 4.78 is 2.96. The molecule has 2 heterocycles. The van der Waals surface area contributed by atoms with E-state index in [1.54, 1.807) is 23.7 Å². The Morgan fingerprint density at radius 3 is 2.69 bits per heavy atom. The van der Waals surface area contributed by atoms with Crippen LogP contribution in [0.2, 0.25) is 5.02 Å². The molecule has 0 saturated carbocycles. The quantitative estimate of drug-likeness (QED) is 0.701. The minimum atomic E-state index is -0.219. The minimum absolute atomic E-state index is 0.162. The fraction of sp³-hybridized carbons (Fsp3) is 0.273. The van der Waals surface area contributed by atoms with Crippen LogP contribution in [0, 0.1) is 0 Å². The molecule has 0 radical (unpaired) electrons. The predicted molar refractivity (Wildman–Crippen MR) is 117 cm³/mol. The number of nitrogens with one attached hydrogen (secondary N) is 1. The van der Waals surface area contributed by atoms with Crippen LogP contribution in [-0.2, 0) is 13.6 Å². The van der Waals surface area contributed by atoms with E-state index in [9.17, 15) is 9.59 Å². The summed E-state index contributed by atoms with van der Waals surface area (Å²) in [7, 11) is 3.70. The lowest BCUT2D eigenvalue weighted by Gasteiger charge is -2.20. The highest BCUT2D eigenvalue weighted by atomic mass is 35.5. The van der Waals surface area contributed by atoms with E-state index >= 15 is 0 Å². The second kappa shape index (κ2) is 7.89. The van der Waals surface area contributed by atoms with Crippen LogP contribution in [0.4, 0.5) is 0 Å². The second-order valence-electron chi connectivity index (χ2n) is 7.41. The number of aromatic amines is 1. The molecule has 0 saturated heterocycles. The lowest BCUT2D eigenvalue weighted by molar-refractivity contribution is 0.348. The van der Waals surface area contributed by atoms with Crippen molar-refractivity contribution in [2.75, 3.05) is 13.6 Å². The van der Waals surface area contributed by atoms with Gasteiger partial charge < -0.3 is 4.57 Å². The van der Waals surface area contributed by atoms with Gasteiger partial charge in [-0.05, 0) is 37.6 Å². The van der Waals surface area contributed by atoms with Gasteiger partial charge in [0.2, 0.25) is 0 Å². The van der Waals surface area contributed by atoms with Gasteiger partial charge >= 0.3 is 0 Å². The molecule has 3 aromatic rings. The van der Waals surface area contributed by atoms with Crippen LogP contribution in [0.3, 0.4) is 0 Å². The molecule has 1 aromatic carbocycles. The lowest BCUT2D eigenvalue weighted by atomic mass is 10.1. The van der Waals surface area contributed by atoms with Crippen LogP contribution in [0.5, 0.6) is 0 Å². The number of halogens is 1. The highest BCUT2D eigenvalue weighted by molar-refractivity contribution is 6.32.